The molecule has 1 aromatic heterocycles. The number of para-hydroxylation sites is 2. The van der Waals surface area contributed by atoms with Crippen LogP contribution in [0.3, 0.4) is 0 Å². The number of nitrogens with zero attached hydrogens (tertiary/aromatic N) is 3. The lowest BCUT2D eigenvalue weighted by atomic mass is 10.1. The van der Waals surface area contributed by atoms with Crippen LogP contribution in [0.5, 0.6) is 5.75 Å². The van der Waals surface area contributed by atoms with Gasteiger partial charge in [0.25, 0.3) is 5.91 Å². The van der Waals surface area contributed by atoms with Gasteiger partial charge in [0.1, 0.15) is 11.4 Å². The molecule has 2 fully saturated rings. The van der Waals surface area contributed by atoms with Crippen molar-refractivity contribution in [1.82, 2.24) is 20.0 Å². The first-order valence-electron chi connectivity index (χ1n) is 7.92. The Kier molecular flexibility index (Phi) is 3.48. The first-order chi connectivity index (χ1) is 11.7. The average Bonchev–Trinajstić information content (AvgIpc) is 3.28. The number of amides is 2. The second-order valence-electron chi connectivity index (χ2n) is 6.19. The summed E-state index contributed by atoms with van der Waals surface area (Å²) in [5, 5.41) is 7.22. The zero-order valence-corrected chi connectivity index (χ0v) is 13.3. The quantitative estimate of drug-likeness (QED) is 0.907. The van der Waals surface area contributed by atoms with E-state index in [1.807, 2.05) is 24.3 Å². The largest absolute Gasteiger partial charge is 0.494 e. The first kappa shape index (κ1) is 14.7. The highest BCUT2D eigenvalue weighted by atomic mass is 16.5. The monoisotopic (exact) mass is 326 g/mol. The standard InChI is InChI=1S/C17H18N4O3/c1-24-15-5-3-2-4-14(15)21-9-12(7-18-21)17(23)20-8-11-6-16(22)19-13(11)10-20/h2-5,7,9,11,13H,6,8,10H2,1H3,(H,19,22)/t11-,13+/m0/s1. The molecule has 7 nitrogen and oxygen atoms in total. The molecule has 2 saturated heterocycles. The normalized spacial score (nSPS) is 22.4. The Morgan fingerprint density at radius 2 is 2.17 bits per heavy atom. The Morgan fingerprint density at radius 3 is 2.96 bits per heavy atom. The fourth-order valence-corrected chi connectivity index (χ4v) is 3.48. The molecule has 0 unspecified atom stereocenters. The number of carbonyl (C=O) groups excluding carboxylic acids is 2. The Morgan fingerprint density at radius 1 is 1.33 bits per heavy atom. The van der Waals surface area contributed by atoms with Crippen molar-refractivity contribution in [3.05, 3.63) is 42.2 Å². The van der Waals surface area contributed by atoms with Crippen LogP contribution < -0.4 is 10.1 Å². The predicted octanol–water partition coefficient (Wildman–Crippen LogP) is 0.841. The van der Waals surface area contributed by atoms with Crippen LogP contribution in [-0.4, -0.2) is 52.7 Å². The summed E-state index contributed by atoms with van der Waals surface area (Å²) >= 11 is 0. The Bertz CT molecular complexity index is 785. The van der Waals surface area contributed by atoms with E-state index >= 15 is 0 Å². The van der Waals surface area contributed by atoms with Gasteiger partial charge < -0.3 is 15.0 Å². The molecule has 1 N–H and O–H groups in total. The number of ether oxygens (including phenoxy) is 1. The van der Waals surface area contributed by atoms with Gasteiger partial charge in [-0.1, -0.05) is 12.1 Å². The van der Waals surface area contributed by atoms with E-state index in [4.69, 9.17) is 4.74 Å². The summed E-state index contributed by atoms with van der Waals surface area (Å²) in [5.74, 6) is 0.949. The molecule has 2 amide bonds. The van der Waals surface area contributed by atoms with Crippen molar-refractivity contribution in [2.75, 3.05) is 20.2 Å². The minimum Gasteiger partial charge on any atom is -0.494 e. The number of hydrogen-bond donors (Lipinski definition) is 1. The number of aromatic nitrogens is 2. The lowest BCUT2D eigenvalue weighted by Gasteiger charge is -2.16. The van der Waals surface area contributed by atoms with E-state index in [1.54, 1.807) is 29.1 Å². The highest BCUT2D eigenvalue weighted by molar-refractivity contribution is 5.94. The van der Waals surface area contributed by atoms with Gasteiger partial charge in [-0.3, -0.25) is 9.59 Å². The van der Waals surface area contributed by atoms with Crippen molar-refractivity contribution in [3.8, 4) is 11.4 Å². The van der Waals surface area contributed by atoms with Gasteiger partial charge in [-0.15, -0.1) is 0 Å². The molecule has 0 saturated carbocycles. The van der Waals surface area contributed by atoms with Crippen molar-refractivity contribution >= 4 is 11.8 Å². The number of nitrogens with one attached hydrogen (secondary N) is 1. The van der Waals surface area contributed by atoms with Gasteiger partial charge in [0, 0.05) is 31.6 Å². The second-order valence-corrected chi connectivity index (χ2v) is 6.19. The number of benzene rings is 1. The molecular weight excluding hydrogens is 308 g/mol. The summed E-state index contributed by atoms with van der Waals surface area (Å²) in [7, 11) is 1.60. The summed E-state index contributed by atoms with van der Waals surface area (Å²) in [6.07, 6.45) is 3.79. The molecule has 124 valence electrons. The molecule has 0 spiro atoms. The number of fused-ring (bicyclic) bond motifs is 1. The third kappa shape index (κ3) is 2.42. The third-order valence-corrected chi connectivity index (χ3v) is 4.68. The summed E-state index contributed by atoms with van der Waals surface area (Å²) in [6.45, 7) is 1.18. The highest BCUT2D eigenvalue weighted by Crippen LogP contribution is 2.27. The van der Waals surface area contributed by atoms with E-state index in [-0.39, 0.29) is 23.8 Å². The van der Waals surface area contributed by atoms with Crippen molar-refractivity contribution in [2.45, 2.75) is 12.5 Å². The lowest BCUT2D eigenvalue weighted by Crippen LogP contribution is -2.35. The molecular formula is C17H18N4O3. The fourth-order valence-electron chi connectivity index (χ4n) is 3.48. The van der Waals surface area contributed by atoms with Crippen LogP contribution in [0.15, 0.2) is 36.7 Å². The van der Waals surface area contributed by atoms with E-state index in [0.717, 1.165) is 5.69 Å². The maximum absolute atomic E-state index is 12.7. The molecule has 7 heteroatoms. The zero-order chi connectivity index (χ0) is 16.7. The smallest absolute Gasteiger partial charge is 0.257 e. The van der Waals surface area contributed by atoms with E-state index in [0.29, 0.717) is 30.8 Å². The Labute approximate surface area is 139 Å². The number of carbonyl (C=O) groups is 2. The SMILES string of the molecule is COc1ccccc1-n1cc(C(=O)N2C[C@@H]3CC(=O)N[C@@H]3C2)cn1. The van der Waals surface area contributed by atoms with Gasteiger partial charge in [-0.2, -0.15) is 5.10 Å². The van der Waals surface area contributed by atoms with Gasteiger partial charge in [-0.05, 0) is 12.1 Å². The molecule has 0 bridgehead atoms. The number of likely N-dealkylation sites (tertiary alicyclic amines) is 1. The third-order valence-electron chi connectivity index (χ3n) is 4.68. The first-order valence-corrected chi connectivity index (χ1v) is 7.92. The molecule has 1 aromatic carbocycles. The van der Waals surface area contributed by atoms with Gasteiger partial charge in [0.15, 0.2) is 0 Å². The molecule has 2 aromatic rings. The van der Waals surface area contributed by atoms with E-state index in [2.05, 4.69) is 10.4 Å². The predicted molar refractivity (Wildman–Crippen MR) is 86.1 cm³/mol. The molecule has 2 aliphatic rings. The molecule has 3 heterocycles. The summed E-state index contributed by atoms with van der Waals surface area (Å²) in [4.78, 5) is 25.9. The molecule has 4 rings (SSSR count). The van der Waals surface area contributed by atoms with Crippen LogP contribution in [0.2, 0.25) is 0 Å². The van der Waals surface area contributed by atoms with Crippen LogP contribution >= 0.6 is 0 Å². The minimum atomic E-state index is -0.0557. The number of rotatable bonds is 3. The molecule has 0 aliphatic carbocycles. The van der Waals surface area contributed by atoms with Crippen molar-refractivity contribution in [2.24, 2.45) is 5.92 Å². The topological polar surface area (TPSA) is 76.5 Å². The second kappa shape index (κ2) is 5.67. The summed E-state index contributed by atoms with van der Waals surface area (Å²) in [5.41, 5.74) is 1.32. The van der Waals surface area contributed by atoms with Crippen LogP contribution in [-0.2, 0) is 4.79 Å². The number of hydrogen-bond acceptors (Lipinski definition) is 4. The Hall–Kier alpha value is -2.83. The van der Waals surface area contributed by atoms with Gasteiger partial charge in [-0.25, -0.2) is 4.68 Å². The maximum Gasteiger partial charge on any atom is 0.257 e. The minimum absolute atomic E-state index is 0.0557. The number of methoxy groups -OCH3 is 1. The summed E-state index contributed by atoms with van der Waals surface area (Å²) < 4.78 is 6.98. The van der Waals surface area contributed by atoms with Crippen molar-refractivity contribution < 1.29 is 14.3 Å². The fraction of sp³-hybridized carbons (Fsp3) is 0.353. The van der Waals surface area contributed by atoms with Crippen molar-refractivity contribution in [3.63, 3.8) is 0 Å². The maximum atomic E-state index is 12.7. The van der Waals surface area contributed by atoms with Crippen LogP contribution in [0.1, 0.15) is 16.8 Å². The van der Waals surface area contributed by atoms with Gasteiger partial charge in [0.2, 0.25) is 5.91 Å². The molecule has 2 atom stereocenters. The summed E-state index contributed by atoms with van der Waals surface area (Å²) in [6, 6.07) is 7.60. The van der Waals surface area contributed by atoms with Gasteiger partial charge >= 0.3 is 0 Å². The van der Waals surface area contributed by atoms with Gasteiger partial charge in [0.05, 0.1) is 24.9 Å². The lowest BCUT2D eigenvalue weighted by molar-refractivity contribution is -0.119. The van der Waals surface area contributed by atoms with E-state index < -0.39 is 0 Å². The molecule has 0 radical (unpaired) electrons. The average molecular weight is 326 g/mol. The Balaban J connectivity index is 1.53. The zero-order valence-electron chi connectivity index (χ0n) is 13.3. The molecule has 2 aliphatic heterocycles. The van der Waals surface area contributed by atoms with E-state index in [9.17, 15) is 9.59 Å². The van der Waals surface area contributed by atoms with Crippen LogP contribution in [0, 0.1) is 5.92 Å². The molecule has 24 heavy (non-hydrogen) atoms. The van der Waals surface area contributed by atoms with Crippen molar-refractivity contribution in [1.29, 1.82) is 0 Å². The highest BCUT2D eigenvalue weighted by Gasteiger charge is 2.41. The van der Waals surface area contributed by atoms with E-state index in [1.165, 1.54) is 0 Å². The van der Waals surface area contributed by atoms with Crippen LogP contribution in [0.4, 0.5) is 0 Å². The van der Waals surface area contributed by atoms with Crippen LogP contribution in [0.25, 0.3) is 5.69 Å².